The molecule has 1 aliphatic rings. The molecule has 0 saturated carbocycles. The van der Waals surface area contributed by atoms with E-state index < -0.39 is 40.9 Å². The van der Waals surface area contributed by atoms with E-state index in [9.17, 15) is 28.3 Å². The molecule has 0 bridgehead atoms. The number of aryl methyl sites for hydroxylation is 1. The number of benzene rings is 1. The number of thiazole rings is 1. The molecule has 3 amide bonds. The van der Waals surface area contributed by atoms with Gasteiger partial charge in [-0.1, -0.05) is 17.4 Å². The van der Waals surface area contributed by atoms with Gasteiger partial charge in [-0.2, -0.15) is 5.10 Å². The maximum atomic E-state index is 14.5. The lowest BCUT2D eigenvalue weighted by molar-refractivity contribution is 0.0636. The first-order valence-corrected chi connectivity index (χ1v) is 13.1. The zero-order chi connectivity index (χ0) is 29.4. The predicted molar refractivity (Wildman–Crippen MR) is 145 cm³/mol. The van der Waals surface area contributed by atoms with Crippen LogP contribution in [0.3, 0.4) is 0 Å². The first-order valence-electron chi connectivity index (χ1n) is 12.3. The third kappa shape index (κ3) is 6.14. The van der Waals surface area contributed by atoms with Gasteiger partial charge in [0.25, 0.3) is 5.91 Å². The molecule has 214 valence electrons. The summed E-state index contributed by atoms with van der Waals surface area (Å²) in [4.78, 5) is 44.9. The molecule has 0 unspecified atom stereocenters. The highest BCUT2D eigenvalue weighted by Gasteiger charge is 2.31. The highest BCUT2D eigenvalue weighted by molar-refractivity contribution is 7.19. The number of carboxylic acid groups (broad SMARTS) is 1. The van der Waals surface area contributed by atoms with Crippen molar-refractivity contribution in [3.63, 3.8) is 0 Å². The molecular weight excluding hydrogens is 548 g/mol. The monoisotopic (exact) mass is 577 g/mol. The van der Waals surface area contributed by atoms with E-state index in [2.05, 4.69) is 20.7 Å². The Balaban J connectivity index is 1.66. The van der Waals surface area contributed by atoms with Crippen LogP contribution in [0.25, 0.3) is 10.6 Å². The van der Waals surface area contributed by atoms with Crippen molar-refractivity contribution in [3.8, 4) is 10.6 Å². The fraction of sp³-hybridized carbons (Fsp3) is 0.400. The zero-order valence-electron chi connectivity index (χ0n) is 22.5. The van der Waals surface area contributed by atoms with Gasteiger partial charge >= 0.3 is 12.2 Å². The Morgan fingerprint density at radius 2 is 1.82 bits per heavy atom. The Bertz CT molecular complexity index is 1430. The Labute approximate surface area is 232 Å². The van der Waals surface area contributed by atoms with Crippen LogP contribution in [-0.2, 0) is 11.8 Å². The van der Waals surface area contributed by atoms with Gasteiger partial charge in [0.15, 0.2) is 11.5 Å². The fourth-order valence-electron chi connectivity index (χ4n) is 4.27. The molecular formula is C25H29F2N7O5S. The van der Waals surface area contributed by atoms with Crippen LogP contribution < -0.4 is 15.5 Å². The summed E-state index contributed by atoms with van der Waals surface area (Å²) in [5.41, 5.74) is -1.26. The topological polar surface area (TPSA) is 142 Å². The number of hydrogen-bond donors (Lipinski definition) is 3. The van der Waals surface area contributed by atoms with E-state index in [1.54, 1.807) is 39.4 Å². The molecule has 0 radical (unpaired) electrons. The van der Waals surface area contributed by atoms with Crippen molar-refractivity contribution < 1.29 is 33.0 Å². The molecule has 1 atom stereocenters. The first kappa shape index (κ1) is 28.7. The van der Waals surface area contributed by atoms with Crippen LogP contribution in [0.2, 0.25) is 0 Å². The van der Waals surface area contributed by atoms with Gasteiger partial charge < -0.3 is 25.0 Å². The molecule has 0 aliphatic carbocycles. The van der Waals surface area contributed by atoms with E-state index >= 15 is 0 Å². The van der Waals surface area contributed by atoms with Gasteiger partial charge in [-0.25, -0.2) is 23.4 Å². The van der Waals surface area contributed by atoms with Gasteiger partial charge in [0, 0.05) is 32.7 Å². The van der Waals surface area contributed by atoms with E-state index in [0.717, 1.165) is 23.5 Å². The molecule has 40 heavy (non-hydrogen) atoms. The first-order chi connectivity index (χ1) is 18.7. The number of piperazine rings is 1. The minimum Gasteiger partial charge on any atom is -0.465 e. The van der Waals surface area contributed by atoms with E-state index in [1.807, 2.05) is 4.90 Å². The maximum absolute atomic E-state index is 14.5. The zero-order valence-corrected chi connectivity index (χ0v) is 23.3. The molecule has 3 heterocycles. The van der Waals surface area contributed by atoms with Crippen LogP contribution >= 0.6 is 11.3 Å². The average Bonchev–Trinajstić information content (AvgIpc) is 3.40. The Hall–Kier alpha value is -4.27. The van der Waals surface area contributed by atoms with Crippen LogP contribution in [0.4, 0.5) is 34.9 Å². The number of carbonyl (C=O) groups excluding carboxylic acids is 2. The number of halogens is 2. The van der Waals surface area contributed by atoms with Crippen molar-refractivity contribution in [2.75, 3.05) is 35.2 Å². The van der Waals surface area contributed by atoms with Crippen molar-refractivity contribution in [2.45, 2.75) is 39.3 Å². The van der Waals surface area contributed by atoms with Gasteiger partial charge in [0.1, 0.15) is 32.9 Å². The number of carbonyl (C=O) groups is 3. The standard InChI is InChI=1S/C25H29F2N7O5S/c1-13-12-33(9-10-34(13)24(37)38)22-16(11-28-32(22)5)29-19(35)18-21(31-23(36)39-25(2,3)4)40-20(30-18)17-14(26)7-6-8-15(17)27/h6-8,11,13H,9-10,12H2,1-5H3,(H,29,35)(H,31,36)(H,37,38)/t13-/m1/s1. The van der Waals surface area contributed by atoms with Gasteiger partial charge in [0.05, 0.1) is 11.8 Å². The van der Waals surface area contributed by atoms with Gasteiger partial charge in [-0.15, -0.1) is 0 Å². The van der Waals surface area contributed by atoms with Gasteiger partial charge in [0.2, 0.25) is 0 Å². The van der Waals surface area contributed by atoms with Crippen molar-refractivity contribution in [2.24, 2.45) is 7.05 Å². The molecule has 12 nitrogen and oxygen atoms in total. The van der Waals surface area contributed by atoms with E-state index in [4.69, 9.17) is 4.74 Å². The third-order valence-electron chi connectivity index (χ3n) is 5.96. The average molecular weight is 578 g/mol. The molecule has 1 saturated heterocycles. The number of nitrogens with zero attached hydrogens (tertiary/aromatic N) is 5. The molecule has 4 rings (SSSR count). The second kappa shape index (κ2) is 11.1. The summed E-state index contributed by atoms with van der Waals surface area (Å²) in [6, 6.07) is 3.02. The number of amides is 3. The van der Waals surface area contributed by atoms with Crippen LogP contribution in [0.1, 0.15) is 38.2 Å². The van der Waals surface area contributed by atoms with Crippen LogP contribution in [0.15, 0.2) is 24.4 Å². The van der Waals surface area contributed by atoms with Crippen LogP contribution in [-0.4, -0.2) is 74.1 Å². The van der Waals surface area contributed by atoms with E-state index in [-0.39, 0.29) is 28.3 Å². The number of rotatable bonds is 5. The second-order valence-electron chi connectivity index (χ2n) is 10.2. The summed E-state index contributed by atoms with van der Waals surface area (Å²) in [6.07, 6.45) is -0.467. The van der Waals surface area contributed by atoms with E-state index in [1.165, 1.54) is 17.2 Å². The van der Waals surface area contributed by atoms with Crippen molar-refractivity contribution in [1.82, 2.24) is 19.7 Å². The molecule has 3 aromatic rings. The maximum Gasteiger partial charge on any atom is 0.412 e. The lowest BCUT2D eigenvalue weighted by atomic mass is 10.2. The quantitative estimate of drug-likeness (QED) is 0.399. The second-order valence-corrected chi connectivity index (χ2v) is 11.1. The number of anilines is 3. The molecule has 3 N–H and O–H groups in total. The normalized spacial score (nSPS) is 15.6. The number of aromatic nitrogens is 3. The fourth-order valence-corrected chi connectivity index (χ4v) is 5.27. The van der Waals surface area contributed by atoms with Crippen molar-refractivity contribution >= 4 is 45.9 Å². The number of nitrogens with one attached hydrogen (secondary N) is 2. The summed E-state index contributed by atoms with van der Waals surface area (Å²) in [6.45, 7) is 7.73. The largest absolute Gasteiger partial charge is 0.465 e. The minimum atomic E-state index is -1.01. The molecule has 2 aromatic heterocycles. The Kier molecular flexibility index (Phi) is 7.95. The van der Waals surface area contributed by atoms with Gasteiger partial charge in [-0.3, -0.25) is 14.8 Å². The summed E-state index contributed by atoms with van der Waals surface area (Å²) in [5.74, 6) is -2.00. The smallest absolute Gasteiger partial charge is 0.412 e. The number of ether oxygens (including phenoxy) is 1. The molecule has 0 spiro atoms. The SMILES string of the molecule is C[C@@H]1CN(c2c(NC(=O)c3nc(-c4c(F)cccc4F)sc3NC(=O)OC(C)(C)C)cnn2C)CCN1C(=O)O. The Morgan fingerprint density at radius 1 is 1.15 bits per heavy atom. The summed E-state index contributed by atoms with van der Waals surface area (Å²) < 4.78 is 35.9. The van der Waals surface area contributed by atoms with Crippen LogP contribution in [0, 0.1) is 11.6 Å². The molecule has 1 aliphatic heterocycles. The van der Waals surface area contributed by atoms with Crippen molar-refractivity contribution in [1.29, 1.82) is 0 Å². The molecule has 1 fully saturated rings. The molecule has 15 heteroatoms. The highest BCUT2D eigenvalue weighted by Crippen LogP contribution is 2.36. The number of hydrogen-bond acceptors (Lipinski definition) is 8. The van der Waals surface area contributed by atoms with E-state index in [0.29, 0.717) is 24.6 Å². The lowest BCUT2D eigenvalue weighted by Gasteiger charge is -2.39. The lowest BCUT2D eigenvalue weighted by Crippen LogP contribution is -2.54. The summed E-state index contributed by atoms with van der Waals surface area (Å²) >= 11 is 0.719. The Morgan fingerprint density at radius 3 is 2.42 bits per heavy atom. The molecule has 1 aromatic carbocycles. The minimum absolute atomic E-state index is 0.0708. The summed E-state index contributed by atoms with van der Waals surface area (Å²) in [5, 5.41) is 18.6. The highest BCUT2D eigenvalue weighted by atomic mass is 32.1. The third-order valence-corrected chi connectivity index (χ3v) is 6.95. The predicted octanol–water partition coefficient (Wildman–Crippen LogP) is 4.61. The summed E-state index contributed by atoms with van der Waals surface area (Å²) in [7, 11) is 1.68. The van der Waals surface area contributed by atoms with Crippen LogP contribution in [0.5, 0.6) is 0 Å². The van der Waals surface area contributed by atoms with Crippen molar-refractivity contribution in [3.05, 3.63) is 41.7 Å². The van der Waals surface area contributed by atoms with Gasteiger partial charge in [-0.05, 0) is 39.8 Å².